The van der Waals surface area contributed by atoms with Gasteiger partial charge in [0.05, 0.1) is 11.1 Å². The van der Waals surface area contributed by atoms with E-state index in [0.29, 0.717) is 10.8 Å². The van der Waals surface area contributed by atoms with Crippen molar-refractivity contribution in [3.63, 3.8) is 0 Å². The largest absolute Gasteiger partial charge is 0.276 e. The molecule has 0 bridgehead atoms. The van der Waals surface area contributed by atoms with Crippen LogP contribution in [0.4, 0.5) is 0 Å². The Hall–Kier alpha value is -0.940. The van der Waals surface area contributed by atoms with Crippen molar-refractivity contribution in [2.24, 2.45) is 0 Å². The lowest BCUT2D eigenvalue weighted by atomic mass is 10.2. The minimum atomic E-state index is 0.423. The van der Waals surface area contributed by atoms with Crippen molar-refractivity contribution in [2.45, 2.75) is 6.42 Å². The molecule has 0 aliphatic carbocycles. The molecular weight excluding hydrogens is 279 g/mol. The Bertz CT molecular complexity index is 494. The van der Waals surface area contributed by atoms with Gasteiger partial charge in [0.15, 0.2) is 5.65 Å². The first-order valence-corrected chi connectivity index (χ1v) is 5.90. The summed E-state index contributed by atoms with van der Waals surface area (Å²) in [5.74, 6) is 0. The van der Waals surface area contributed by atoms with Gasteiger partial charge < -0.3 is 0 Å². The van der Waals surface area contributed by atoms with E-state index in [0.717, 1.165) is 22.8 Å². The molecule has 2 rings (SSSR count). The maximum Gasteiger partial charge on any atom is 0.186 e. The fourth-order valence-electron chi connectivity index (χ4n) is 1.23. The van der Waals surface area contributed by atoms with Crippen molar-refractivity contribution >= 4 is 44.6 Å². The predicted octanol–water partition coefficient (Wildman–Crippen LogP) is 2.80. The molecule has 0 aromatic carbocycles. The zero-order valence-electron chi connectivity index (χ0n) is 7.74. The fraction of sp³-hybridized carbons (Fsp3) is 0.222. The SMILES string of the molecule is Clc1ncnc2n[nH]c(C=CCCBr)c12. The van der Waals surface area contributed by atoms with E-state index in [1.807, 2.05) is 12.2 Å². The lowest BCUT2D eigenvalue weighted by Crippen LogP contribution is -1.81. The molecule has 0 radical (unpaired) electrons. The van der Waals surface area contributed by atoms with Crippen molar-refractivity contribution in [1.82, 2.24) is 20.2 Å². The lowest BCUT2D eigenvalue weighted by Gasteiger charge is -1.91. The highest BCUT2D eigenvalue weighted by Crippen LogP contribution is 2.21. The Kier molecular flexibility index (Phi) is 3.33. The third kappa shape index (κ3) is 2.18. The predicted molar refractivity (Wildman–Crippen MR) is 64.1 cm³/mol. The van der Waals surface area contributed by atoms with E-state index < -0.39 is 0 Å². The number of aromatic amines is 1. The molecule has 2 aromatic heterocycles. The summed E-state index contributed by atoms with van der Waals surface area (Å²) < 4.78 is 0. The number of H-pyrrole nitrogens is 1. The third-order valence-electron chi connectivity index (χ3n) is 1.89. The topological polar surface area (TPSA) is 54.5 Å². The van der Waals surface area contributed by atoms with Gasteiger partial charge in [0.1, 0.15) is 11.5 Å². The first kappa shape index (κ1) is 10.6. The molecule has 15 heavy (non-hydrogen) atoms. The maximum absolute atomic E-state index is 5.96. The molecule has 1 N–H and O–H groups in total. The first-order chi connectivity index (χ1) is 7.33. The minimum Gasteiger partial charge on any atom is -0.276 e. The maximum atomic E-state index is 5.96. The van der Waals surface area contributed by atoms with E-state index in [2.05, 4.69) is 36.1 Å². The average molecular weight is 288 g/mol. The van der Waals surface area contributed by atoms with E-state index in [4.69, 9.17) is 11.6 Å². The molecule has 78 valence electrons. The van der Waals surface area contributed by atoms with Crippen molar-refractivity contribution in [3.8, 4) is 0 Å². The normalized spacial score (nSPS) is 11.6. The van der Waals surface area contributed by atoms with E-state index >= 15 is 0 Å². The molecule has 2 heterocycles. The first-order valence-electron chi connectivity index (χ1n) is 4.40. The van der Waals surface area contributed by atoms with Gasteiger partial charge in [-0.3, -0.25) is 5.10 Å². The summed E-state index contributed by atoms with van der Waals surface area (Å²) in [5, 5.41) is 9.03. The van der Waals surface area contributed by atoms with Gasteiger partial charge in [-0.1, -0.05) is 33.6 Å². The number of halogens is 2. The quantitative estimate of drug-likeness (QED) is 0.697. The standard InChI is InChI=1S/C9H8BrClN4/c10-4-2-1-3-6-7-8(11)12-5-13-9(7)15-14-6/h1,3,5H,2,4H2,(H,12,13,14,15). The van der Waals surface area contributed by atoms with Crippen LogP contribution in [-0.2, 0) is 0 Å². The van der Waals surface area contributed by atoms with Crippen LogP contribution in [0.25, 0.3) is 17.1 Å². The minimum absolute atomic E-state index is 0.423. The van der Waals surface area contributed by atoms with Gasteiger partial charge in [0.2, 0.25) is 0 Å². The molecule has 0 aliphatic rings. The molecule has 0 unspecified atom stereocenters. The zero-order chi connectivity index (χ0) is 10.7. The molecule has 6 heteroatoms. The van der Waals surface area contributed by atoms with E-state index in [1.165, 1.54) is 6.33 Å². The van der Waals surface area contributed by atoms with Gasteiger partial charge in [0, 0.05) is 5.33 Å². The van der Waals surface area contributed by atoms with Crippen molar-refractivity contribution in [1.29, 1.82) is 0 Å². The summed E-state index contributed by atoms with van der Waals surface area (Å²) in [7, 11) is 0. The number of hydrogen-bond acceptors (Lipinski definition) is 3. The molecule has 0 aliphatic heterocycles. The van der Waals surface area contributed by atoms with Gasteiger partial charge >= 0.3 is 0 Å². The van der Waals surface area contributed by atoms with Crippen LogP contribution in [0.3, 0.4) is 0 Å². The summed E-state index contributed by atoms with van der Waals surface area (Å²) in [6.07, 6.45) is 6.32. The Morgan fingerprint density at radius 1 is 1.47 bits per heavy atom. The molecule has 2 aromatic rings. The van der Waals surface area contributed by atoms with Gasteiger partial charge in [-0.15, -0.1) is 0 Å². The molecule has 0 amide bonds. The zero-order valence-corrected chi connectivity index (χ0v) is 10.1. The van der Waals surface area contributed by atoms with E-state index in [1.54, 1.807) is 0 Å². The molecule has 0 spiro atoms. The second-order valence-electron chi connectivity index (χ2n) is 2.88. The summed E-state index contributed by atoms with van der Waals surface area (Å²) >= 11 is 9.31. The Morgan fingerprint density at radius 3 is 3.13 bits per heavy atom. The van der Waals surface area contributed by atoms with Crippen molar-refractivity contribution in [2.75, 3.05) is 5.33 Å². The molecular formula is C9H8BrClN4. The highest BCUT2D eigenvalue weighted by Gasteiger charge is 2.08. The molecule has 4 nitrogen and oxygen atoms in total. The number of nitrogens with one attached hydrogen (secondary N) is 1. The van der Waals surface area contributed by atoms with Crippen LogP contribution in [0.15, 0.2) is 12.4 Å². The van der Waals surface area contributed by atoms with Crippen LogP contribution < -0.4 is 0 Å². The van der Waals surface area contributed by atoms with Crippen molar-refractivity contribution in [3.05, 3.63) is 23.3 Å². The van der Waals surface area contributed by atoms with Gasteiger partial charge in [-0.2, -0.15) is 5.10 Å². The number of nitrogens with zero attached hydrogens (tertiary/aromatic N) is 3. The molecule has 0 fully saturated rings. The highest BCUT2D eigenvalue weighted by atomic mass is 79.9. The van der Waals surface area contributed by atoms with E-state index in [9.17, 15) is 0 Å². The number of hydrogen-bond donors (Lipinski definition) is 1. The lowest BCUT2D eigenvalue weighted by molar-refractivity contribution is 1.08. The Labute approximate surface area is 99.9 Å². The summed E-state index contributed by atoms with van der Waals surface area (Å²) in [6.45, 7) is 0. The van der Waals surface area contributed by atoms with Crippen LogP contribution in [-0.4, -0.2) is 25.5 Å². The van der Waals surface area contributed by atoms with Crippen LogP contribution in [0, 0.1) is 0 Å². The van der Waals surface area contributed by atoms with Crippen LogP contribution in [0.2, 0.25) is 5.15 Å². The average Bonchev–Trinajstić information content (AvgIpc) is 2.63. The Morgan fingerprint density at radius 2 is 2.33 bits per heavy atom. The Balaban J connectivity index is 2.44. The van der Waals surface area contributed by atoms with Crippen LogP contribution in [0.1, 0.15) is 12.1 Å². The third-order valence-corrected chi connectivity index (χ3v) is 2.64. The fourth-order valence-corrected chi connectivity index (χ4v) is 1.72. The number of alkyl halides is 1. The van der Waals surface area contributed by atoms with Crippen LogP contribution >= 0.6 is 27.5 Å². The molecule has 0 saturated heterocycles. The van der Waals surface area contributed by atoms with Gasteiger partial charge in [-0.05, 0) is 12.5 Å². The number of allylic oxidation sites excluding steroid dienone is 1. The van der Waals surface area contributed by atoms with Gasteiger partial charge in [0.25, 0.3) is 0 Å². The molecule has 0 saturated carbocycles. The van der Waals surface area contributed by atoms with E-state index in [-0.39, 0.29) is 0 Å². The van der Waals surface area contributed by atoms with Crippen LogP contribution in [0.5, 0.6) is 0 Å². The second-order valence-corrected chi connectivity index (χ2v) is 4.03. The number of rotatable bonds is 3. The second kappa shape index (κ2) is 4.72. The highest BCUT2D eigenvalue weighted by molar-refractivity contribution is 9.09. The van der Waals surface area contributed by atoms with Gasteiger partial charge in [-0.25, -0.2) is 9.97 Å². The summed E-state index contributed by atoms with van der Waals surface area (Å²) in [5.41, 5.74) is 1.44. The molecule has 0 atom stereocenters. The smallest absolute Gasteiger partial charge is 0.186 e. The summed E-state index contributed by atoms with van der Waals surface area (Å²) in [6, 6.07) is 0. The number of aromatic nitrogens is 4. The number of fused-ring (bicyclic) bond motifs is 1. The van der Waals surface area contributed by atoms with Crippen molar-refractivity contribution < 1.29 is 0 Å². The summed E-state index contributed by atoms with van der Waals surface area (Å²) in [4.78, 5) is 7.93. The monoisotopic (exact) mass is 286 g/mol.